The van der Waals surface area contributed by atoms with Crippen LogP contribution in [0.5, 0.6) is 0 Å². The molecule has 0 radical (unpaired) electrons. The average molecular weight is 370 g/mol. The number of rotatable bonds is 6. The van der Waals surface area contributed by atoms with Crippen LogP contribution >= 0.6 is 23.3 Å². The zero-order chi connectivity index (χ0) is 17.6. The maximum Gasteiger partial charge on any atom is 0.251 e. The molecule has 0 atom stereocenters. The summed E-state index contributed by atoms with van der Waals surface area (Å²) in [5.41, 5.74) is 3.67. The lowest BCUT2D eigenvalue weighted by atomic mass is 10.1. The number of benzene rings is 1. The van der Waals surface area contributed by atoms with Crippen LogP contribution in [-0.4, -0.2) is 10.9 Å². The Morgan fingerprint density at radius 3 is 2.80 bits per heavy atom. The Balaban J connectivity index is 1.64. The fraction of sp³-hybridized carbons (Fsp3) is 0.158. The van der Waals surface area contributed by atoms with Gasteiger partial charge in [-0.1, -0.05) is 12.1 Å². The van der Waals surface area contributed by atoms with Gasteiger partial charge in [0, 0.05) is 35.1 Å². The predicted molar refractivity (Wildman–Crippen MR) is 105 cm³/mol. The van der Waals surface area contributed by atoms with Crippen LogP contribution < -0.4 is 10.0 Å². The highest BCUT2D eigenvalue weighted by Crippen LogP contribution is 2.29. The number of nitrogens with one attached hydrogen (secondary N) is 2. The van der Waals surface area contributed by atoms with Gasteiger partial charge in [0.1, 0.15) is 0 Å². The summed E-state index contributed by atoms with van der Waals surface area (Å²) in [6.45, 7) is 4.58. The number of aromatic nitrogens is 1. The van der Waals surface area contributed by atoms with Gasteiger partial charge in [0.05, 0.1) is 4.21 Å². The number of nitrogens with zero attached hydrogens (tertiary/aromatic N) is 1. The summed E-state index contributed by atoms with van der Waals surface area (Å²) in [6, 6.07) is 13.7. The quantitative estimate of drug-likeness (QED) is 0.612. The molecule has 2 aromatic heterocycles. The number of aryl methyl sites for hydroxylation is 2. The molecule has 0 spiro atoms. The summed E-state index contributed by atoms with van der Waals surface area (Å²) in [5, 5.41) is 2.93. The summed E-state index contributed by atoms with van der Waals surface area (Å²) in [4.78, 5) is 17.7. The van der Waals surface area contributed by atoms with Crippen molar-refractivity contribution in [1.82, 2.24) is 10.3 Å². The third-order valence-electron chi connectivity index (χ3n) is 3.65. The Labute approximate surface area is 155 Å². The van der Waals surface area contributed by atoms with E-state index >= 15 is 0 Å². The highest BCUT2D eigenvalue weighted by molar-refractivity contribution is 8.02. The van der Waals surface area contributed by atoms with Crippen LogP contribution in [0.4, 0.5) is 5.69 Å². The lowest BCUT2D eigenvalue weighted by Crippen LogP contribution is -2.22. The van der Waals surface area contributed by atoms with Gasteiger partial charge in [-0.3, -0.25) is 9.78 Å². The van der Waals surface area contributed by atoms with Crippen LogP contribution in [0.15, 0.2) is 59.1 Å². The molecule has 1 aromatic carbocycles. The molecule has 0 aliphatic carbocycles. The second-order valence-corrected chi connectivity index (χ2v) is 8.04. The van der Waals surface area contributed by atoms with Crippen LogP contribution in [0.2, 0.25) is 0 Å². The van der Waals surface area contributed by atoms with E-state index in [0.717, 1.165) is 16.8 Å². The number of carbonyl (C=O) groups is 1. The van der Waals surface area contributed by atoms with Crippen molar-refractivity contribution < 1.29 is 4.79 Å². The van der Waals surface area contributed by atoms with E-state index in [0.29, 0.717) is 12.1 Å². The molecule has 0 unspecified atom stereocenters. The van der Waals surface area contributed by atoms with Gasteiger partial charge in [-0.25, -0.2) is 0 Å². The molecule has 25 heavy (non-hydrogen) atoms. The Bertz CT molecular complexity index is 862. The maximum atomic E-state index is 12.4. The summed E-state index contributed by atoms with van der Waals surface area (Å²) in [5.74, 6) is -0.0936. The van der Waals surface area contributed by atoms with Crippen molar-refractivity contribution in [2.45, 2.75) is 24.6 Å². The minimum atomic E-state index is -0.0936. The fourth-order valence-electron chi connectivity index (χ4n) is 2.23. The molecule has 3 rings (SSSR count). The van der Waals surface area contributed by atoms with Gasteiger partial charge >= 0.3 is 0 Å². The van der Waals surface area contributed by atoms with Gasteiger partial charge in [0.25, 0.3) is 5.91 Å². The lowest BCUT2D eigenvalue weighted by Gasteiger charge is -2.10. The molecule has 1 amide bonds. The first kappa shape index (κ1) is 17.5. The first-order chi connectivity index (χ1) is 12.1. The summed E-state index contributed by atoms with van der Waals surface area (Å²) in [7, 11) is 0. The normalized spacial score (nSPS) is 10.5. The largest absolute Gasteiger partial charge is 0.348 e. The molecule has 0 fully saturated rings. The SMILES string of the molecule is Cc1ccc(SNc2cc(C(=O)NCc3cccnc3)ccc2C)s1. The van der Waals surface area contributed by atoms with Crippen molar-refractivity contribution in [2.75, 3.05) is 4.72 Å². The second kappa shape index (κ2) is 8.18. The topological polar surface area (TPSA) is 54.0 Å². The van der Waals surface area contributed by atoms with E-state index in [-0.39, 0.29) is 5.91 Å². The number of anilines is 1. The molecular formula is C19H19N3OS2. The molecular weight excluding hydrogens is 350 g/mol. The Morgan fingerprint density at radius 2 is 2.08 bits per heavy atom. The monoisotopic (exact) mass is 369 g/mol. The minimum Gasteiger partial charge on any atom is -0.348 e. The number of hydrogen-bond acceptors (Lipinski definition) is 5. The van der Waals surface area contributed by atoms with Crippen molar-refractivity contribution >= 4 is 34.9 Å². The van der Waals surface area contributed by atoms with E-state index in [2.05, 4.69) is 34.1 Å². The van der Waals surface area contributed by atoms with Crippen molar-refractivity contribution in [3.05, 3.63) is 76.4 Å². The molecule has 0 saturated carbocycles. The number of amides is 1. The van der Waals surface area contributed by atoms with E-state index in [1.165, 1.54) is 9.09 Å². The summed E-state index contributed by atoms with van der Waals surface area (Å²) < 4.78 is 4.55. The van der Waals surface area contributed by atoms with Gasteiger partial charge in [0.15, 0.2) is 0 Å². The van der Waals surface area contributed by atoms with Crippen LogP contribution in [0, 0.1) is 13.8 Å². The Morgan fingerprint density at radius 1 is 1.20 bits per heavy atom. The lowest BCUT2D eigenvalue weighted by molar-refractivity contribution is 0.0951. The van der Waals surface area contributed by atoms with Crippen LogP contribution in [0.3, 0.4) is 0 Å². The third kappa shape index (κ3) is 4.84. The molecule has 128 valence electrons. The van der Waals surface area contributed by atoms with Gasteiger partial charge in [-0.05, 0) is 67.3 Å². The molecule has 0 aliphatic rings. The van der Waals surface area contributed by atoms with Gasteiger partial charge in [-0.2, -0.15) is 0 Å². The smallest absolute Gasteiger partial charge is 0.251 e. The molecule has 0 saturated heterocycles. The zero-order valence-electron chi connectivity index (χ0n) is 14.1. The van der Waals surface area contributed by atoms with Crippen LogP contribution in [0.1, 0.15) is 26.4 Å². The molecule has 4 nitrogen and oxygen atoms in total. The highest BCUT2D eigenvalue weighted by Gasteiger charge is 2.09. The van der Waals surface area contributed by atoms with Crippen molar-refractivity contribution in [3.63, 3.8) is 0 Å². The van der Waals surface area contributed by atoms with Crippen LogP contribution in [0.25, 0.3) is 0 Å². The standard InChI is InChI=1S/C19H19N3OS2/c1-13-5-7-16(19(23)21-12-15-4-3-9-20-11-15)10-17(13)22-25-18-8-6-14(2)24-18/h3-11,22H,12H2,1-2H3,(H,21,23). The van der Waals surface area contributed by atoms with Gasteiger partial charge in [0.2, 0.25) is 0 Å². The number of carbonyl (C=O) groups excluding carboxylic acids is 1. The first-order valence-electron chi connectivity index (χ1n) is 7.89. The average Bonchev–Trinajstić information content (AvgIpc) is 3.05. The molecule has 2 N–H and O–H groups in total. The zero-order valence-corrected chi connectivity index (χ0v) is 15.7. The van der Waals surface area contributed by atoms with E-state index < -0.39 is 0 Å². The molecule has 2 heterocycles. The van der Waals surface area contributed by atoms with Crippen LogP contribution in [-0.2, 0) is 6.54 Å². The Hall–Kier alpha value is -2.31. The predicted octanol–water partition coefficient (Wildman–Crippen LogP) is 4.81. The third-order valence-corrected chi connectivity index (χ3v) is 5.61. The van der Waals surface area contributed by atoms with Crippen molar-refractivity contribution in [1.29, 1.82) is 0 Å². The Kier molecular flexibility index (Phi) is 5.73. The van der Waals surface area contributed by atoms with E-state index in [1.54, 1.807) is 35.7 Å². The van der Waals surface area contributed by atoms with Gasteiger partial charge in [-0.15, -0.1) is 11.3 Å². The number of thiophene rings is 1. The molecule has 0 bridgehead atoms. The molecule has 0 aliphatic heterocycles. The molecule has 6 heteroatoms. The van der Waals surface area contributed by atoms with Crippen molar-refractivity contribution in [2.24, 2.45) is 0 Å². The van der Waals surface area contributed by atoms with Gasteiger partial charge < -0.3 is 10.0 Å². The summed E-state index contributed by atoms with van der Waals surface area (Å²) >= 11 is 3.31. The number of pyridine rings is 1. The first-order valence-corrected chi connectivity index (χ1v) is 9.52. The van der Waals surface area contributed by atoms with Crippen molar-refractivity contribution in [3.8, 4) is 0 Å². The minimum absolute atomic E-state index is 0.0936. The van der Waals surface area contributed by atoms with E-state index in [1.807, 2.05) is 37.3 Å². The second-order valence-electron chi connectivity index (χ2n) is 5.64. The van der Waals surface area contributed by atoms with E-state index in [4.69, 9.17) is 0 Å². The number of hydrogen-bond donors (Lipinski definition) is 2. The van der Waals surface area contributed by atoms with E-state index in [9.17, 15) is 4.79 Å². The highest BCUT2D eigenvalue weighted by atomic mass is 32.2. The fourth-order valence-corrected chi connectivity index (χ4v) is 4.07. The molecule has 3 aromatic rings. The summed E-state index contributed by atoms with van der Waals surface area (Å²) in [6.07, 6.45) is 3.47. The maximum absolute atomic E-state index is 12.4.